The summed E-state index contributed by atoms with van der Waals surface area (Å²) in [5.41, 5.74) is 0.388. The highest BCUT2D eigenvalue weighted by Crippen LogP contribution is 2.31. The van der Waals surface area contributed by atoms with Crippen molar-refractivity contribution in [3.05, 3.63) is 92.0 Å². The van der Waals surface area contributed by atoms with Gasteiger partial charge >= 0.3 is 0 Å². The molecule has 11 nitrogen and oxygen atoms in total. The lowest BCUT2D eigenvalue weighted by Gasteiger charge is -2.33. The molecule has 4 rings (SSSR count). The minimum atomic E-state index is -4.54. The van der Waals surface area contributed by atoms with Crippen molar-refractivity contribution >= 4 is 56.4 Å². The zero-order valence-corrected chi connectivity index (χ0v) is 28.1. The molecule has 1 atom stereocenters. The minimum absolute atomic E-state index is 0.0296. The topological polar surface area (TPSA) is 139 Å². The number of carbonyl (C=O) groups is 2. The van der Waals surface area contributed by atoms with Crippen molar-refractivity contribution in [1.29, 1.82) is 0 Å². The summed E-state index contributed by atoms with van der Waals surface area (Å²) in [5.74, 6) is -0.666. The van der Waals surface area contributed by atoms with Crippen LogP contribution in [0.25, 0.3) is 0 Å². The van der Waals surface area contributed by atoms with Crippen LogP contribution in [0, 0.1) is 17.0 Å². The largest absolute Gasteiger partial charge is 0.497 e. The first kappa shape index (κ1) is 35.0. The lowest BCUT2D eigenvalue weighted by atomic mass is 9.95. The Labute approximate surface area is 278 Å². The molecule has 0 aromatic heterocycles. The van der Waals surface area contributed by atoms with E-state index in [4.69, 9.17) is 27.9 Å². The molecule has 246 valence electrons. The summed E-state index contributed by atoms with van der Waals surface area (Å²) >= 11 is 12.9. The fourth-order valence-corrected chi connectivity index (χ4v) is 7.31. The van der Waals surface area contributed by atoms with Crippen LogP contribution in [0.5, 0.6) is 5.75 Å². The molecule has 0 unspecified atom stereocenters. The molecule has 0 spiro atoms. The van der Waals surface area contributed by atoms with Gasteiger partial charge in [-0.2, -0.15) is 0 Å². The molecule has 1 N–H and O–H groups in total. The Kier molecular flexibility index (Phi) is 11.5. The van der Waals surface area contributed by atoms with Gasteiger partial charge in [-0.05, 0) is 69.2 Å². The third-order valence-electron chi connectivity index (χ3n) is 8.11. The molecule has 3 aromatic rings. The molecule has 1 fully saturated rings. The van der Waals surface area contributed by atoms with E-state index < -0.39 is 39.3 Å². The molecule has 0 saturated heterocycles. The third-order valence-corrected chi connectivity index (χ3v) is 10.6. The Hall–Kier alpha value is -3.87. The van der Waals surface area contributed by atoms with Crippen molar-refractivity contribution in [2.75, 3.05) is 18.0 Å². The number of nitro benzene ring substituents is 1. The molecule has 1 aliphatic rings. The zero-order chi connectivity index (χ0) is 33.6. The number of nitro groups is 1. The van der Waals surface area contributed by atoms with Crippen LogP contribution in [0.3, 0.4) is 0 Å². The van der Waals surface area contributed by atoms with E-state index in [0.717, 1.165) is 42.5 Å². The van der Waals surface area contributed by atoms with Crippen molar-refractivity contribution in [3.8, 4) is 5.75 Å². The molecule has 46 heavy (non-hydrogen) atoms. The second kappa shape index (κ2) is 15.1. The summed E-state index contributed by atoms with van der Waals surface area (Å²) in [6, 6.07) is 13.3. The normalized spacial score (nSPS) is 14.3. The van der Waals surface area contributed by atoms with E-state index in [0.29, 0.717) is 11.3 Å². The van der Waals surface area contributed by atoms with E-state index in [2.05, 4.69) is 5.32 Å². The van der Waals surface area contributed by atoms with Gasteiger partial charge in [0.15, 0.2) is 0 Å². The van der Waals surface area contributed by atoms with Crippen LogP contribution in [-0.4, -0.2) is 55.8 Å². The number of halogens is 2. The number of amides is 2. The fourth-order valence-electron chi connectivity index (χ4n) is 5.36. The summed E-state index contributed by atoms with van der Waals surface area (Å²) in [4.78, 5) is 39.6. The number of hydrogen-bond acceptors (Lipinski definition) is 7. The van der Waals surface area contributed by atoms with Crippen molar-refractivity contribution in [2.45, 2.75) is 69.5 Å². The minimum Gasteiger partial charge on any atom is -0.497 e. The van der Waals surface area contributed by atoms with Crippen LogP contribution >= 0.6 is 23.2 Å². The van der Waals surface area contributed by atoms with Gasteiger partial charge in [-0.25, -0.2) is 8.42 Å². The van der Waals surface area contributed by atoms with Crippen LogP contribution in [0.15, 0.2) is 65.6 Å². The number of hydrogen-bond donors (Lipinski definition) is 1. The second-order valence-corrected chi connectivity index (χ2v) is 13.8. The van der Waals surface area contributed by atoms with Gasteiger partial charge in [-0.1, -0.05) is 54.6 Å². The highest BCUT2D eigenvalue weighted by Gasteiger charge is 2.34. The number of nitrogens with one attached hydrogen (secondary N) is 1. The Bertz CT molecular complexity index is 1680. The van der Waals surface area contributed by atoms with E-state index in [1.54, 1.807) is 25.1 Å². The average molecular weight is 692 g/mol. The second-order valence-electron chi connectivity index (χ2n) is 11.2. The van der Waals surface area contributed by atoms with Crippen molar-refractivity contribution in [3.63, 3.8) is 0 Å². The average Bonchev–Trinajstić information content (AvgIpc) is 3.03. The quantitative estimate of drug-likeness (QED) is 0.174. The fraction of sp³-hybridized carbons (Fsp3) is 0.375. The molecule has 0 bridgehead atoms. The van der Waals surface area contributed by atoms with E-state index in [1.807, 2.05) is 0 Å². The lowest BCUT2D eigenvalue weighted by molar-refractivity contribution is -0.385. The molecule has 2 amide bonds. The summed E-state index contributed by atoms with van der Waals surface area (Å²) in [6.07, 6.45) is 4.73. The summed E-state index contributed by atoms with van der Waals surface area (Å²) in [7, 11) is -3.09. The highest BCUT2D eigenvalue weighted by atomic mass is 35.5. The van der Waals surface area contributed by atoms with Crippen molar-refractivity contribution in [2.24, 2.45) is 0 Å². The molecule has 3 aromatic carbocycles. The van der Waals surface area contributed by atoms with E-state index in [-0.39, 0.29) is 44.5 Å². The Balaban J connectivity index is 1.75. The number of nitrogens with zero attached hydrogens (tertiary/aromatic N) is 3. The number of anilines is 1. The maximum Gasteiger partial charge on any atom is 0.273 e. The summed E-state index contributed by atoms with van der Waals surface area (Å²) in [5, 5.41) is 15.2. The van der Waals surface area contributed by atoms with Crippen LogP contribution in [0.1, 0.15) is 50.2 Å². The maximum atomic E-state index is 14.2. The molecule has 0 aliphatic heterocycles. The van der Waals surface area contributed by atoms with Gasteiger partial charge in [0.25, 0.3) is 15.7 Å². The van der Waals surface area contributed by atoms with Crippen molar-refractivity contribution in [1.82, 2.24) is 10.2 Å². The molecular weight excluding hydrogens is 655 g/mol. The first-order valence-corrected chi connectivity index (χ1v) is 17.0. The molecule has 14 heteroatoms. The van der Waals surface area contributed by atoms with Crippen molar-refractivity contribution < 1.29 is 27.7 Å². The van der Waals surface area contributed by atoms with Gasteiger partial charge in [0, 0.05) is 39.8 Å². The Morgan fingerprint density at radius 3 is 2.26 bits per heavy atom. The van der Waals surface area contributed by atoms with E-state index in [1.165, 1.54) is 55.3 Å². The van der Waals surface area contributed by atoms with E-state index in [9.17, 15) is 28.1 Å². The molecular formula is C32H36Cl2N4O7S. The maximum absolute atomic E-state index is 14.2. The number of rotatable bonds is 12. The van der Waals surface area contributed by atoms with Gasteiger partial charge in [0.05, 0.1) is 22.6 Å². The molecule has 1 aliphatic carbocycles. The SMILES string of the molecule is COc1ccc(N(CC(=O)N(Cc2c(Cl)cccc2Cl)[C@@H](C)C(=O)NC2CCCCC2)S(=O)(=O)c2ccc(C)c([N+](=O)[O-])c2)cc1. The molecule has 0 heterocycles. The number of benzene rings is 3. The predicted octanol–water partition coefficient (Wildman–Crippen LogP) is 6.28. The van der Waals surface area contributed by atoms with Crippen LogP contribution in [-0.2, 0) is 26.2 Å². The van der Waals surface area contributed by atoms with Gasteiger partial charge < -0.3 is 15.0 Å². The first-order valence-electron chi connectivity index (χ1n) is 14.8. The summed E-state index contributed by atoms with van der Waals surface area (Å²) in [6.45, 7) is 2.15. The molecule has 1 saturated carbocycles. The smallest absolute Gasteiger partial charge is 0.273 e. The number of ether oxygens (including phenoxy) is 1. The van der Waals surface area contributed by atoms with E-state index >= 15 is 0 Å². The van der Waals surface area contributed by atoms with Gasteiger partial charge in [0.2, 0.25) is 11.8 Å². The zero-order valence-electron chi connectivity index (χ0n) is 25.7. The lowest BCUT2D eigenvalue weighted by Crippen LogP contribution is -2.53. The number of methoxy groups -OCH3 is 1. The third kappa shape index (κ3) is 8.09. The number of sulfonamides is 1. The van der Waals surface area contributed by atoms with Gasteiger partial charge in [-0.3, -0.25) is 24.0 Å². The Morgan fingerprint density at radius 1 is 1.04 bits per heavy atom. The van der Waals surface area contributed by atoms with Crippen LogP contribution in [0.4, 0.5) is 11.4 Å². The highest BCUT2D eigenvalue weighted by molar-refractivity contribution is 7.92. The predicted molar refractivity (Wildman–Crippen MR) is 177 cm³/mol. The number of aryl methyl sites for hydroxylation is 1. The van der Waals surface area contributed by atoms with Crippen LogP contribution < -0.4 is 14.4 Å². The van der Waals surface area contributed by atoms with Gasteiger partial charge in [-0.15, -0.1) is 0 Å². The standard InChI is InChI=1S/C32H36Cl2N4O7S/c1-21-12-17-26(18-30(21)38(41)42)46(43,44)37(24-13-15-25(45-3)16-14-24)20-31(39)36(19-27-28(33)10-7-11-29(27)34)22(2)32(40)35-23-8-5-4-6-9-23/h7,10-18,22-23H,4-6,8-9,19-20H2,1-3H3,(H,35,40)/t22-/m0/s1. The first-order chi connectivity index (χ1) is 21.8. The number of carbonyl (C=O) groups excluding carboxylic acids is 2. The summed E-state index contributed by atoms with van der Waals surface area (Å²) < 4.78 is 34.4. The van der Waals surface area contributed by atoms with Crippen LogP contribution in [0.2, 0.25) is 10.0 Å². The Morgan fingerprint density at radius 2 is 1.67 bits per heavy atom. The monoisotopic (exact) mass is 690 g/mol. The molecule has 0 radical (unpaired) electrons. The van der Waals surface area contributed by atoms with Gasteiger partial charge in [0.1, 0.15) is 18.3 Å².